The van der Waals surface area contributed by atoms with Crippen molar-refractivity contribution in [1.29, 1.82) is 0 Å². The molecule has 0 bridgehead atoms. The van der Waals surface area contributed by atoms with Gasteiger partial charge in [0, 0.05) is 29.4 Å². The van der Waals surface area contributed by atoms with Gasteiger partial charge in [-0.2, -0.15) is 13.2 Å². The number of benzene rings is 3. The smallest absolute Gasteiger partial charge is 0.417 e. The molecule has 1 aromatic heterocycles. The fourth-order valence-electron chi connectivity index (χ4n) is 4.75. The summed E-state index contributed by atoms with van der Waals surface area (Å²) in [6.45, 7) is 1.83. The fourth-order valence-corrected chi connectivity index (χ4v) is 6.04. The lowest BCUT2D eigenvalue weighted by molar-refractivity contribution is -0.137. The Bertz CT molecular complexity index is 1530. The standard InChI is InChI=1S/C30H24F4N2O3S/c1-17-12-24(37)10-11-25(17)27-28(40-16-26(38)19-2-6-22(31)7-3-19)29(39)36(27)23-8-4-18(5-9-23)20-13-21(15-35-14-20)30(32,33)34/h2-15,26-28,37-38H,16H2,1H3/t26-,27+,28+/m0/s1. The summed E-state index contributed by atoms with van der Waals surface area (Å²) in [7, 11) is 0. The van der Waals surface area contributed by atoms with E-state index in [1.807, 2.05) is 6.92 Å². The van der Waals surface area contributed by atoms with Gasteiger partial charge in [-0.1, -0.05) is 30.3 Å². The molecule has 3 atom stereocenters. The van der Waals surface area contributed by atoms with Gasteiger partial charge in [0.05, 0.1) is 17.7 Å². The van der Waals surface area contributed by atoms with Gasteiger partial charge in [0.1, 0.15) is 16.8 Å². The average Bonchev–Trinajstić information content (AvgIpc) is 2.92. The monoisotopic (exact) mass is 568 g/mol. The van der Waals surface area contributed by atoms with E-state index in [9.17, 15) is 32.6 Å². The summed E-state index contributed by atoms with van der Waals surface area (Å²) in [6, 6.07) is 17.7. The van der Waals surface area contributed by atoms with Crippen LogP contribution in [0.3, 0.4) is 0 Å². The lowest BCUT2D eigenvalue weighted by atomic mass is 9.89. The quantitative estimate of drug-likeness (QED) is 0.189. The molecule has 4 aromatic rings. The van der Waals surface area contributed by atoms with Crippen molar-refractivity contribution in [2.24, 2.45) is 0 Å². The van der Waals surface area contributed by atoms with Crippen LogP contribution in [-0.2, 0) is 11.0 Å². The van der Waals surface area contributed by atoms with E-state index in [-0.39, 0.29) is 17.4 Å². The van der Waals surface area contributed by atoms with Gasteiger partial charge in [-0.15, -0.1) is 11.8 Å². The Balaban J connectivity index is 1.40. The van der Waals surface area contributed by atoms with Crippen molar-refractivity contribution in [3.8, 4) is 16.9 Å². The van der Waals surface area contributed by atoms with Gasteiger partial charge in [-0.05, 0) is 71.6 Å². The number of halogens is 4. The number of nitrogens with zero attached hydrogens (tertiary/aromatic N) is 2. The first-order chi connectivity index (χ1) is 19.0. The molecule has 0 radical (unpaired) electrons. The minimum Gasteiger partial charge on any atom is -0.508 e. The van der Waals surface area contributed by atoms with Crippen LogP contribution in [0.1, 0.15) is 34.4 Å². The van der Waals surface area contributed by atoms with Crippen molar-refractivity contribution in [3.63, 3.8) is 0 Å². The first kappa shape index (κ1) is 27.7. The molecule has 2 heterocycles. The van der Waals surface area contributed by atoms with E-state index in [0.717, 1.165) is 23.4 Å². The third kappa shape index (κ3) is 5.55. The number of aliphatic hydroxyl groups excluding tert-OH is 1. The summed E-state index contributed by atoms with van der Waals surface area (Å²) in [5, 5.41) is 20.0. The molecule has 206 valence electrons. The number of carbonyl (C=O) groups is 1. The summed E-state index contributed by atoms with van der Waals surface area (Å²) in [5.41, 5.74) is 2.65. The van der Waals surface area contributed by atoms with Gasteiger partial charge in [0.2, 0.25) is 5.91 Å². The lowest BCUT2D eigenvalue weighted by Crippen LogP contribution is -2.58. The van der Waals surface area contributed by atoms with Crippen molar-refractivity contribution in [3.05, 3.63) is 113 Å². The van der Waals surface area contributed by atoms with E-state index in [1.165, 1.54) is 42.2 Å². The Morgan fingerprint density at radius 2 is 1.68 bits per heavy atom. The molecule has 5 nitrogen and oxygen atoms in total. The summed E-state index contributed by atoms with van der Waals surface area (Å²) in [5.74, 6) is -0.312. The Morgan fingerprint density at radius 1 is 0.975 bits per heavy atom. The number of rotatable bonds is 7. The molecular weight excluding hydrogens is 544 g/mol. The second-order valence-corrected chi connectivity index (χ2v) is 10.7. The average molecular weight is 569 g/mol. The topological polar surface area (TPSA) is 73.7 Å². The van der Waals surface area contributed by atoms with Crippen molar-refractivity contribution in [1.82, 2.24) is 4.98 Å². The highest BCUT2D eigenvalue weighted by Crippen LogP contribution is 2.47. The number of thioether (sulfide) groups is 1. The van der Waals surface area contributed by atoms with E-state index in [0.29, 0.717) is 22.4 Å². The summed E-state index contributed by atoms with van der Waals surface area (Å²) in [4.78, 5) is 18.7. The molecule has 1 saturated heterocycles. The molecule has 1 aliphatic heterocycles. The number of phenolic OH excluding ortho intramolecular Hbond substituents is 1. The fraction of sp³-hybridized carbons (Fsp3) is 0.200. The molecule has 0 aliphatic carbocycles. The van der Waals surface area contributed by atoms with Gasteiger partial charge >= 0.3 is 6.18 Å². The number of pyridine rings is 1. The Hall–Kier alpha value is -3.89. The van der Waals surface area contributed by atoms with Crippen LogP contribution in [-0.4, -0.2) is 32.1 Å². The van der Waals surface area contributed by atoms with E-state index in [4.69, 9.17) is 0 Å². The molecule has 10 heteroatoms. The lowest BCUT2D eigenvalue weighted by Gasteiger charge is -2.47. The van der Waals surface area contributed by atoms with Gasteiger partial charge in [0.25, 0.3) is 0 Å². The predicted molar refractivity (Wildman–Crippen MR) is 145 cm³/mol. The molecule has 40 heavy (non-hydrogen) atoms. The second-order valence-electron chi connectivity index (χ2n) is 9.52. The molecular formula is C30H24F4N2O3S. The maximum atomic E-state index is 13.4. The van der Waals surface area contributed by atoms with Crippen LogP contribution >= 0.6 is 11.8 Å². The van der Waals surface area contributed by atoms with E-state index in [2.05, 4.69) is 4.98 Å². The Kier molecular flexibility index (Phi) is 7.57. The summed E-state index contributed by atoms with van der Waals surface area (Å²) in [6.07, 6.45) is -3.30. The van der Waals surface area contributed by atoms with Crippen molar-refractivity contribution in [2.45, 2.75) is 30.5 Å². The SMILES string of the molecule is Cc1cc(O)ccc1[C@@H]1[C@@H](SC[C@H](O)c2ccc(F)cc2)C(=O)N1c1ccc(-c2cncc(C(F)(F)F)c2)cc1. The molecule has 2 N–H and O–H groups in total. The van der Waals surface area contributed by atoms with Gasteiger partial charge < -0.3 is 15.1 Å². The molecule has 1 amide bonds. The minimum absolute atomic E-state index is 0.0911. The van der Waals surface area contributed by atoms with Crippen LogP contribution in [0.15, 0.2) is 85.2 Å². The van der Waals surface area contributed by atoms with Crippen molar-refractivity contribution >= 4 is 23.4 Å². The normalized spacial score (nSPS) is 17.9. The number of anilines is 1. The van der Waals surface area contributed by atoms with Crippen LogP contribution in [0.25, 0.3) is 11.1 Å². The number of alkyl halides is 3. The van der Waals surface area contributed by atoms with Crippen molar-refractivity contribution < 1.29 is 32.6 Å². The largest absolute Gasteiger partial charge is 0.508 e. The Morgan fingerprint density at radius 3 is 2.33 bits per heavy atom. The van der Waals surface area contributed by atoms with Crippen LogP contribution in [0.2, 0.25) is 0 Å². The third-order valence-corrected chi connectivity index (χ3v) is 8.18. The maximum absolute atomic E-state index is 13.4. The van der Waals surface area contributed by atoms with E-state index < -0.39 is 35.0 Å². The van der Waals surface area contributed by atoms with Gasteiger partial charge in [-0.25, -0.2) is 4.39 Å². The maximum Gasteiger partial charge on any atom is 0.417 e. The van der Waals surface area contributed by atoms with Crippen LogP contribution in [0.4, 0.5) is 23.2 Å². The summed E-state index contributed by atoms with van der Waals surface area (Å²) < 4.78 is 52.7. The van der Waals surface area contributed by atoms with Gasteiger partial charge in [-0.3, -0.25) is 9.78 Å². The number of carbonyl (C=O) groups excluding carboxylic acids is 1. The summed E-state index contributed by atoms with van der Waals surface area (Å²) >= 11 is 1.28. The zero-order valence-electron chi connectivity index (χ0n) is 21.1. The number of aliphatic hydroxyl groups is 1. The first-order valence-corrected chi connectivity index (χ1v) is 13.4. The molecule has 0 unspecified atom stereocenters. The van der Waals surface area contributed by atoms with E-state index in [1.54, 1.807) is 47.4 Å². The molecule has 1 fully saturated rings. The number of hydrogen-bond acceptors (Lipinski definition) is 5. The first-order valence-electron chi connectivity index (χ1n) is 12.3. The zero-order chi connectivity index (χ0) is 28.6. The van der Waals surface area contributed by atoms with Crippen LogP contribution in [0.5, 0.6) is 5.75 Å². The molecule has 5 rings (SSSR count). The number of amides is 1. The number of phenols is 1. The number of aromatic hydroxyl groups is 1. The molecule has 3 aromatic carbocycles. The Labute approximate surface area is 232 Å². The van der Waals surface area contributed by atoms with Crippen LogP contribution in [0, 0.1) is 12.7 Å². The highest BCUT2D eigenvalue weighted by molar-refractivity contribution is 8.00. The predicted octanol–water partition coefficient (Wildman–Crippen LogP) is 6.84. The number of aromatic nitrogens is 1. The molecule has 1 aliphatic rings. The highest BCUT2D eigenvalue weighted by atomic mass is 32.2. The molecule has 0 saturated carbocycles. The third-order valence-electron chi connectivity index (χ3n) is 6.85. The molecule has 0 spiro atoms. The van der Waals surface area contributed by atoms with Crippen molar-refractivity contribution in [2.75, 3.05) is 10.7 Å². The number of aryl methyl sites for hydroxylation is 1. The van der Waals surface area contributed by atoms with Gasteiger partial charge in [0.15, 0.2) is 0 Å². The number of β-lactam (4-membered cyclic amide) rings is 1. The second kappa shape index (κ2) is 10.9. The highest BCUT2D eigenvalue weighted by Gasteiger charge is 2.49. The zero-order valence-corrected chi connectivity index (χ0v) is 22.0. The number of hydrogen-bond donors (Lipinski definition) is 2. The minimum atomic E-state index is -4.51. The van der Waals surface area contributed by atoms with E-state index >= 15 is 0 Å². The van der Waals surface area contributed by atoms with Crippen LogP contribution < -0.4 is 4.90 Å².